The van der Waals surface area contributed by atoms with Crippen LogP contribution in [0.5, 0.6) is 0 Å². The van der Waals surface area contributed by atoms with Gasteiger partial charge in [-0.15, -0.1) is 0 Å². The molecule has 1 atom stereocenters. The van der Waals surface area contributed by atoms with Crippen LogP contribution in [0.1, 0.15) is 34.1 Å². The van der Waals surface area contributed by atoms with Crippen LogP contribution < -0.4 is 0 Å². The van der Waals surface area contributed by atoms with E-state index in [1.165, 1.54) is 19.5 Å². The third-order valence-electron chi connectivity index (χ3n) is 2.03. The molecule has 0 aromatic carbocycles. The molecular weight excluding hydrogens is 110 g/mol. The number of hydrogen-bond donors (Lipinski definition) is 0. The Balaban J connectivity index is 3.50. The predicted molar refractivity (Wildman–Crippen MR) is 42.7 cm³/mol. The molecule has 0 aliphatic rings. The monoisotopic (exact) mass is 129 g/mol. The van der Waals surface area contributed by atoms with Gasteiger partial charge in [0.05, 0.1) is 0 Å². The molecule has 0 aliphatic heterocycles. The molecule has 0 aromatic rings. The van der Waals surface area contributed by atoms with Crippen molar-refractivity contribution in [1.82, 2.24) is 4.90 Å². The molecule has 0 spiro atoms. The minimum atomic E-state index is 0.764. The van der Waals surface area contributed by atoms with Gasteiger partial charge < -0.3 is 4.90 Å². The fourth-order valence-electron chi connectivity index (χ4n) is 1.11. The summed E-state index contributed by atoms with van der Waals surface area (Å²) in [5.74, 6) is 0. The maximum atomic E-state index is 2.47. The molecule has 0 rings (SSSR count). The lowest BCUT2D eigenvalue weighted by Crippen LogP contribution is -2.31. The van der Waals surface area contributed by atoms with E-state index in [2.05, 4.69) is 32.6 Å². The van der Waals surface area contributed by atoms with Crippen LogP contribution in [0.4, 0.5) is 0 Å². The van der Waals surface area contributed by atoms with Gasteiger partial charge in [0.25, 0.3) is 0 Å². The maximum Gasteiger partial charge on any atom is 0.00640 e. The Kier molecular flexibility index (Phi) is 4.78. The maximum absolute atomic E-state index is 2.47. The normalized spacial score (nSPS) is 14.3. The van der Waals surface area contributed by atoms with Crippen LogP contribution in [-0.4, -0.2) is 24.0 Å². The molecule has 0 saturated carbocycles. The van der Waals surface area contributed by atoms with E-state index in [4.69, 9.17) is 0 Å². The second-order valence-electron chi connectivity index (χ2n) is 2.48. The molecule has 56 valence electrons. The number of hydrogen-bond acceptors (Lipinski definition) is 1. The summed E-state index contributed by atoms with van der Waals surface area (Å²) in [5.41, 5.74) is 0. The van der Waals surface area contributed by atoms with E-state index < -0.39 is 0 Å². The zero-order valence-electron chi connectivity index (χ0n) is 7.15. The molecule has 0 aromatic heterocycles. The molecule has 0 heterocycles. The SMILES string of the molecule is CC[C@@H](C)N(CC)CC. The van der Waals surface area contributed by atoms with Crippen molar-refractivity contribution in [2.45, 2.75) is 40.2 Å². The van der Waals surface area contributed by atoms with Gasteiger partial charge in [0.2, 0.25) is 0 Å². The standard InChI is InChI=1S/C8H19N/c1-5-8(4)9(6-2)7-3/h8H,5-7H2,1-4H3/t8-/m1/s1. The van der Waals surface area contributed by atoms with Crippen molar-refractivity contribution in [1.29, 1.82) is 0 Å². The molecule has 0 saturated heterocycles. The highest BCUT2D eigenvalue weighted by atomic mass is 15.1. The highest BCUT2D eigenvalue weighted by Gasteiger charge is 2.05. The van der Waals surface area contributed by atoms with Crippen molar-refractivity contribution >= 4 is 0 Å². The zero-order valence-corrected chi connectivity index (χ0v) is 7.15. The average Bonchev–Trinajstić information content (AvgIpc) is 1.90. The van der Waals surface area contributed by atoms with E-state index in [1.54, 1.807) is 0 Å². The third kappa shape index (κ3) is 2.85. The van der Waals surface area contributed by atoms with E-state index in [9.17, 15) is 0 Å². The van der Waals surface area contributed by atoms with E-state index in [1.807, 2.05) is 0 Å². The summed E-state index contributed by atoms with van der Waals surface area (Å²) in [7, 11) is 0. The van der Waals surface area contributed by atoms with Crippen LogP contribution >= 0.6 is 0 Å². The van der Waals surface area contributed by atoms with Crippen molar-refractivity contribution in [2.24, 2.45) is 0 Å². The Morgan fingerprint density at radius 2 is 1.56 bits per heavy atom. The second-order valence-corrected chi connectivity index (χ2v) is 2.48. The van der Waals surface area contributed by atoms with Gasteiger partial charge in [0.1, 0.15) is 0 Å². The van der Waals surface area contributed by atoms with E-state index in [-0.39, 0.29) is 0 Å². The first kappa shape index (κ1) is 8.96. The highest BCUT2D eigenvalue weighted by molar-refractivity contribution is 4.60. The van der Waals surface area contributed by atoms with Crippen LogP contribution in [0.15, 0.2) is 0 Å². The van der Waals surface area contributed by atoms with Gasteiger partial charge in [-0.25, -0.2) is 0 Å². The molecule has 0 radical (unpaired) electrons. The molecule has 0 amide bonds. The Bertz CT molecular complexity index is 57.6. The summed E-state index contributed by atoms with van der Waals surface area (Å²) in [4.78, 5) is 2.47. The number of nitrogens with zero attached hydrogens (tertiary/aromatic N) is 1. The molecule has 0 fully saturated rings. The van der Waals surface area contributed by atoms with Crippen LogP contribution in [0, 0.1) is 0 Å². The lowest BCUT2D eigenvalue weighted by molar-refractivity contribution is 0.226. The molecule has 0 bridgehead atoms. The van der Waals surface area contributed by atoms with Crippen LogP contribution in [-0.2, 0) is 0 Å². The summed E-state index contributed by atoms with van der Waals surface area (Å²) in [6.45, 7) is 11.3. The fourth-order valence-corrected chi connectivity index (χ4v) is 1.11. The predicted octanol–water partition coefficient (Wildman–Crippen LogP) is 2.13. The Morgan fingerprint density at radius 1 is 1.11 bits per heavy atom. The van der Waals surface area contributed by atoms with Crippen LogP contribution in [0.2, 0.25) is 0 Å². The van der Waals surface area contributed by atoms with Gasteiger partial charge in [0, 0.05) is 6.04 Å². The Labute approximate surface area is 59.1 Å². The molecule has 9 heavy (non-hydrogen) atoms. The summed E-state index contributed by atoms with van der Waals surface area (Å²) >= 11 is 0. The smallest absolute Gasteiger partial charge is 0.00640 e. The van der Waals surface area contributed by atoms with Gasteiger partial charge in [0.15, 0.2) is 0 Å². The summed E-state index contributed by atoms with van der Waals surface area (Å²) in [6.07, 6.45) is 1.27. The molecular formula is C8H19N. The van der Waals surface area contributed by atoms with Gasteiger partial charge >= 0.3 is 0 Å². The lowest BCUT2D eigenvalue weighted by atomic mass is 10.2. The molecule has 0 unspecified atom stereocenters. The molecule has 1 nitrogen and oxygen atoms in total. The first-order chi connectivity index (χ1) is 4.26. The quantitative estimate of drug-likeness (QED) is 0.562. The minimum absolute atomic E-state index is 0.764. The zero-order chi connectivity index (χ0) is 7.28. The Hall–Kier alpha value is -0.0400. The largest absolute Gasteiger partial charge is 0.301 e. The molecule has 1 heteroatoms. The van der Waals surface area contributed by atoms with Crippen molar-refractivity contribution in [3.8, 4) is 0 Å². The summed E-state index contributed by atoms with van der Waals surface area (Å²) < 4.78 is 0. The average molecular weight is 129 g/mol. The van der Waals surface area contributed by atoms with E-state index >= 15 is 0 Å². The molecule has 0 aliphatic carbocycles. The number of rotatable bonds is 4. The second kappa shape index (κ2) is 4.80. The lowest BCUT2D eigenvalue weighted by Gasteiger charge is -2.24. The van der Waals surface area contributed by atoms with E-state index in [0.717, 1.165) is 6.04 Å². The van der Waals surface area contributed by atoms with Crippen LogP contribution in [0.3, 0.4) is 0 Å². The third-order valence-corrected chi connectivity index (χ3v) is 2.03. The van der Waals surface area contributed by atoms with Gasteiger partial charge in [-0.05, 0) is 26.4 Å². The Morgan fingerprint density at radius 3 is 1.67 bits per heavy atom. The topological polar surface area (TPSA) is 3.24 Å². The van der Waals surface area contributed by atoms with Crippen molar-refractivity contribution in [2.75, 3.05) is 13.1 Å². The van der Waals surface area contributed by atoms with Crippen molar-refractivity contribution in [3.63, 3.8) is 0 Å². The fraction of sp³-hybridized carbons (Fsp3) is 1.00. The minimum Gasteiger partial charge on any atom is -0.301 e. The summed E-state index contributed by atoms with van der Waals surface area (Å²) in [6, 6.07) is 0.764. The van der Waals surface area contributed by atoms with Crippen molar-refractivity contribution in [3.05, 3.63) is 0 Å². The van der Waals surface area contributed by atoms with Crippen molar-refractivity contribution < 1.29 is 0 Å². The highest BCUT2D eigenvalue weighted by Crippen LogP contribution is 2.00. The molecule has 0 N–H and O–H groups in total. The first-order valence-corrected chi connectivity index (χ1v) is 4.00. The van der Waals surface area contributed by atoms with Gasteiger partial charge in [-0.1, -0.05) is 20.8 Å². The van der Waals surface area contributed by atoms with E-state index in [0.29, 0.717) is 0 Å². The summed E-state index contributed by atoms with van der Waals surface area (Å²) in [5, 5.41) is 0. The van der Waals surface area contributed by atoms with Gasteiger partial charge in [-0.3, -0.25) is 0 Å². The first-order valence-electron chi connectivity index (χ1n) is 4.00. The van der Waals surface area contributed by atoms with Crippen LogP contribution in [0.25, 0.3) is 0 Å². The van der Waals surface area contributed by atoms with Gasteiger partial charge in [-0.2, -0.15) is 0 Å².